The van der Waals surface area contributed by atoms with E-state index in [4.69, 9.17) is 4.74 Å². The molecule has 0 fully saturated rings. The van der Waals surface area contributed by atoms with Gasteiger partial charge in [-0.2, -0.15) is 4.99 Å². The number of benzene rings is 1. The van der Waals surface area contributed by atoms with Crippen molar-refractivity contribution in [3.05, 3.63) is 58.7 Å². The van der Waals surface area contributed by atoms with Crippen LogP contribution in [0.3, 0.4) is 0 Å². The summed E-state index contributed by atoms with van der Waals surface area (Å²) in [5, 5.41) is 12.8. The van der Waals surface area contributed by atoms with Gasteiger partial charge in [-0.15, -0.1) is 0 Å². The van der Waals surface area contributed by atoms with Crippen molar-refractivity contribution in [2.24, 2.45) is 4.99 Å². The van der Waals surface area contributed by atoms with Crippen LogP contribution in [-0.4, -0.2) is 35.2 Å². The fourth-order valence-corrected chi connectivity index (χ4v) is 1.78. The average molecular weight is 315 g/mol. The van der Waals surface area contributed by atoms with E-state index < -0.39 is 22.8 Å². The molecule has 0 saturated carbocycles. The Morgan fingerprint density at radius 2 is 2.00 bits per heavy atom. The van der Waals surface area contributed by atoms with Crippen molar-refractivity contribution in [3.63, 3.8) is 0 Å². The van der Waals surface area contributed by atoms with Crippen LogP contribution in [0.5, 0.6) is 5.75 Å². The van der Waals surface area contributed by atoms with Crippen LogP contribution in [0.15, 0.2) is 48.0 Å². The number of carbonyl (C=O) groups is 2. The second-order valence-corrected chi connectivity index (χ2v) is 4.51. The van der Waals surface area contributed by atoms with Crippen LogP contribution in [-0.2, 0) is 9.59 Å². The Kier molecular flexibility index (Phi) is 4.98. The number of nitrogens with zero attached hydrogens (tertiary/aromatic N) is 2. The second-order valence-electron chi connectivity index (χ2n) is 4.51. The second kappa shape index (κ2) is 7.12. The molecule has 0 radical (unpaired) electrons. The summed E-state index contributed by atoms with van der Waals surface area (Å²) >= 11 is 0. The van der Waals surface area contributed by atoms with Crippen molar-refractivity contribution in [1.29, 1.82) is 0 Å². The van der Waals surface area contributed by atoms with E-state index in [9.17, 15) is 19.7 Å². The predicted octanol–water partition coefficient (Wildman–Crippen LogP) is 0.965. The monoisotopic (exact) mass is 315 g/mol. The van der Waals surface area contributed by atoms with Crippen LogP contribution >= 0.6 is 0 Å². The number of hydrogen-bond donors (Lipinski definition) is 1. The molecule has 0 saturated heterocycles. The van der Waals surface area contributed by atoms with Crippen molar-refractivity contribution in [1.82, 2.24) is 5.32 Å². The highest BCUT2D eigenvalue weighted by atomic mass is 16.6. The Balaban J connectivity index is 2.07. The smallest absolute Gasteiger partial charge is 0.368 e. The van der Waals surface area contributed by atoms with E-state index >= 15 is 0 Å². The van der Waals surface area contributed by atoms with Crippen LogP contribution in [0.25, 0.3) is 6.08 Å². The number of rotatable bonds is 6. The molecule has 1 aromatic rings. The maximum Gasteiger partial charge on any atom is 0.368 e. The van der Waals surface area contributed by atoms with Gasteiger partial charge in [-0.1, -0.05) is 30.9 Å². The molecule has 23 heavy (non-hydrogen) atoms. The molecular weight excluding hydrogens is 302 g/mol. The summed E-state index contributed by atoms with van der Waals surface area (Å²) in [5.74, 6) is -1.45. The van der Waals surface area contributed by atoms with Gasteiger partial charge in [-0.05, 0) is 23.8 Å². The minimum Gasteiger partial charge on any atom is -0.490 e. The van der Waals surface area contributed by atoms with E-state index in [-0.39, 0.29) is 5.84 Å². The maximum atomic E-state index is 11.5. The number of amides is 2. The summed E-state index contributed by atoms with van der Waals surface area (Å²) < 4.78 is 5.34. The molecule has 0 aliphatic carbocycles. The summed E-state index contributed by atoms with van der Waals surface area (Å²) in [5.41, 5.74) is 0.775. The number of nitro groups is 1. The normalized spacial score (nSPS) is 17.6. The Hall–Kier alpha value is -3.29. The zero-order chi connectivity index (χ0) is 16.8. The van der Waals surface area contributed by atoms with E-state index in [0.29, 0.717) is 12.4 Å². The molecule has 1 atom stereocenters. The van der Waals surface area contributed by atoms with Crippen LogP contribution < -0.4 is 10.1 Å². The van der Waals surface area contributed by atoms with Gasteiger partial charge in [0.2, 0.25) is 0 Å². The molecule has 0 bridgehead atoms. The molecule has 2 amide bonds. The molecule has 118 valence electrons. The molecule has 1 aliphatic rings. The summed E-state index contributed by atoms with van der Waals surface area (Å²) in [7, 11) is 0. The molecule has 0 aromatic heterocycles. The SMILES string of the molecule is C=CCOc1ccc(/C=C/C2=NC(=O)C([N+](=O)[O-])C(=O)N2)cc1. The topological polar surface area (TPSA) is 111 Å². The Morgan fingerprint density at radius 1 is 1.30 bits per heavy atom. The number of hydrogen-bond acceptors (Lipinski definition) is 5. The first-order valence-corrected chi connectivity index (χ1v) is 6.60. The van der Waals surface area contributed by atoms with E-state index in [2.05, 4.69) is 16.9 Å². The van der Waals surface area contributed by atoms with Crippen molar-refractivity contribution in [2.75, 3.05) is 6.61 Å². The third kappa shape index (κ3) is 4.10. The molecular formula is C15H13N3O5. The standard InChI is InChI=1S/C15H13N3O5/c1-2-9-23-11-6-3-10(4-7-11)5-8-12-16-14(19)13(18(21)22)15(20)17-12/h2-8,13H,1,9H2,(H,16,17,19,20)/b8-5+. The first-order chi connectivity index (χ1) is 11.0. The fourth-order valence-electron chi connectivity index (χ4n) is 1.78. The highest BCUT2D eigenvalue weighted by Crippen LogP contribution is 2.13. The summed E-state index contributed by atoms with van der Waals surface area (Å²) in [6.45, 7) is 3.95. The lowest BCUT2D eigenvalue weighted by atomic mass is 10.2. The number of carbonyl (C=O) groups excluding carboxylic acids is 2. The van der Waals surface area contributed by atoms with Gasteiger partial charge in [0.25, 0.3) is 0 Å². The zero-order valence-corrected chi connectivity index (χ0v) is 12.0. The van der Waals surface area contributed by atoms with Crippen molar-refractivity contribution < 1.29 is 19.2 Å². The Labute approximate surface area is 131 Å². The first kappa shape index (κ1) is 16.1. The van der Waals surface area contributed by atoms with Gasteiger partial charge in [-0.3, -0.25) is 19.7 Å². The zero-order valence-electron chi connectivity index (χ0n) is 12.0. The third-order valence-electron chi connectivity index (χ3n) is 2.86. The highest BCUT2D eigenvalue weighted by molar-refractivity contribution is 6.21. The van der Waals surface area contributed by atoms with Gasteiger partial charge >= 0.3 is 17.9 Å². The van der Waals surface area contributed by atoms with Crippen LogP contribution in [0, 0.1) is 10.1 Å². The Bertz CT molecular complexity index is 706. The van der Waals surface area contributed by atoms with Gasteiger partial charge in [0.1, 0.15) is 18.2 Å². The predicted molar refractivity (Wildman–Crippen MR) is 82.5 cm³/mol. The van der Waals surface area contributed by atoms with E-state index in [1.165, 1.54) is 6.08 Å². The van der Waals surface area contributed by atoms with Crippen LogP contribution in [0.1, 0.15) is 5.56 Å². The highest BCUT2D eigenvalue weighted by Gasteiger charge is 2.41. The fraction of sp³-hybridized carbons (Fsp3) is 0.133. The lowest BCUT2D eigenvalue weighted by Crippen LogP contribution is -2.50. The molecule has 1 aliphatic heterocycles. The minimum atomic E-state index is -1.98. The summed E-state index contributed by atoms with van der Waals surface area (Å²) in [6, 6.07) is 5.05. The molecule has 8 heteroatoms. The van der Waals surface area contributed by atoms with Crippen molar-refractivity contribution in [3.8, 4) is 5.75 Å². The molecule has 8 nitrogen and oxygen atoms in total. The van der Waals surface area contributed by atoms with Gasteiger partial charge in [0.05, 0.1) is 0 Å². The number of aliphatic imine (C=N–C) groups is 1. The number of ether oxygens (including phenoxy) is 1. The van der Waals surface area contributed by atoms with E-state index in [1.54, 1.807) is 36.4 Å². The molecule has 1 unspecified atom stereocenters. The molecule has 1 aromatic carbocycles. The van der Waals surface area contributed by atoms with E-state index in [1.807, 2.05) is 0 Å². The lowest BCUT2D eigenvalue weighted by Gasteiger charge is -2.12. The van der Waals surface area contributed by atoms with Gasteiger partial charge < -0.3 is 10.1 Å². The quantitative estimate of drug-likeness (QED) is 0.364. The van der Waals surface area contributed by atoms with Crippen molar-refractivity contribution in [2.45, 2.75) is 6.04 Å². The lowest BCUT2D eigenvalue weighted by molar-refractivity contribution is -0.493. The van der Waals surface area contributed by atoms with Crippen molar-refractivity contribution >= 4 is 23.7 Å². The minimum absolute atomic E-state index is 0.0370. The molecule has 1 heterocycles. The van der Waals surface area contributed by atoms with Gasteiger partial charge in [0.15, 0.2) is 0 Å². The number of amidine groups is 1. The van der Waals surface area contributed by atoms with Crippen LogP contribution in [0.4, 0.5) is 0 Å². The van der Waals surface area contributed by atoms with E-state index in [0.717, 1.165) is 5.56 Å². The van der Waals surface area contributed by atoms with Gasteiger partial charge in [0, 0.05) is 4.92 Å². The maximum absolute atomic E-state index is 11.5. The molecule has 2 rings (SSSR count). The van der Waals surface area contributed by atoms with Crippen LogP contribution in [0.2, 0.25) is 0 Å². The van der Waals surface area contributed by atoms with Gasteiger partial charge in [-0.25, -0.2) is 0 Å². The average Bonchev–Trinajstić information content (AvgIpc) is 2.51. The summed E-state index contributed by atoms with van der Waals surface area (Å²) in [6.07, 6.45) is 4.63. The first-order valence-electron chi connectivity index (χ1n) is 6.60. The molecule has 0 spiro atoms. The summed E-state index contributed by atoms with van der Waals surface area (Å²) in [4.78, 5) is 36.1. The Morgan fingerprint density at radius 3 is 2.57 bits per heavy atom. The largest absolute Gasteiger partial charge is 0.490 e. The third-order valence-corrected chi connectivity index (χ3v) is 2.86. The molecule has 1 N–H and O–H groups in total. The number of nitrogens with one attached hydrogen (secondary N) is 1.